The van der Waals surface area contributed by atoms with E-state index in [0.717, 1.165) is 16.3 Å². The molecular weight excluding hydrogens is 232 g/mol. The van der Waals surface area contributed by atoms with Crippen molar-refractivity contribution in [3.63, 3.8) is 0 Å². The smallest absolute Gasteiger partial charge is 0.211 e. The number of hydrogen-bond acceptors (Lipinski definition) is 4. The second-order valence-electron chi connectivity index (χ2n) is 3.86. The Morgan fingerprint density at radius 2 is 2.00 bits per heavy atom. The summed E-state index contributed by atoms with van der Waals surface area (Å²) < 4.78 is 0. The van der Waals surface area contributed by atoms with Crippen LogP contribution in [0.3, 0.4) is 0 Å². The van der Waals surface area contributed by atoms with Crippen LogP contribution in [0, 0.1) is 6.92 Å². The van der Waals surface area contributed by atoms with E-state index in [-0.39, 0.29) is 6.23 Å². The third-order valence-electron chi connectivity index (χ3n) is 2.57. The van der Waals surface area contributed by atoms with Gasteiger partial charge >= 0.3 is 0 Å². The lowest BCUT2D eigenvalue weighted by Crippen LogP contribution is -2.17. The molecule has 1 aliphatic heterocycles. The highest BCUT2D eigenvalue weighted by Crippen LogP contribution is 2.28. The van der Waals surface area contributed by atoms with Crippen molar-refractivity contribution in [2.45, 2.75) is 13.2 Å². The Morgan fingerprint density at radius 1 is 1.18 bits per heavy atom. The van der Waals surface area contributed by atoms with Gasteiger partial charge in [-0.1, -0.05) is 30.3 Å². The first-order chi connectivity index (χ1) is 8.33. The first-order valence-corrected chi connectivity index (χ1v) is 6.26. The molecule has 0 radical (unpaired) electrons. The van der Waals surface area contributed by atoms with Crippen LogP contribution >= 0.6 is 11.3 Å². The first kappa shape index (κ1) is 10.5. The fourth-order valence-electron chi connectivity index (χ4n) is 1.72. The Labute approximate surface area is 104 Å². The predicted octanol–water partition coefficient (Wildman–Crippen LogP) is 3.04. The van der Waals surface area contributed by atoms with Crippen LogP contribution in [0.1, 0.15) is 21.5 Å². The van der Waals surface area contributed by atoms with Crippen LogP contribution in [0.15, 0.2) is 47.5 Å². The van der Waals surface area contributed by atoms with E-state index in [1.807, 2.05) is 30.3 Å². The molecule has 3 rings (SSSR count). The van der Waals surface area contributed by atoms with Crippen LogP contribution in [0.5, 0.6) is 0 Å². The van der Waals surface area contributed by atoms with Crippen LogP contribution in [0.2, 0.25) is 0 Å². The van der Waals surface area contributed by atoms with Crippen molar-refractivity contribution >= 4 is 17.2 Å². The van der Waals surface area contributed by atoms with Gasteiger partial charge in [0, 0.05) is 10.4 Å². The number of aliphatic imine (C=N–C) groups is 1. The maximum absolute atomic E-state index is 5.48. The van der Waals surface area contributed by atoms with Crippen LogP contribution in [-0.4, -0.2) is 5.84 Å². The van der Waals surface area contributed by atoms with Crippen LogP contribution < -0.4 is 5.48 Å². The summed E-state index contributed by atoms with van der Waals surface area (Å²) in [5.41, 5.74) is 3.93. The summed E-state index contributed by atoms with van der Waals surface area (Å²) in [4.78, 5) is 12.4. The Morgan fingerprint density at radius 3 is 2.71 bits per heavy atom. The fraction of sp³-hybridized carbons (Fsp3) is 0.154. The van der Waals surface area contributed by atoms with E-state index in [9.17, 15) is 0 Å². The van der Waals surface area contributed by atoms with E-state index in [1.54, 1.807) is 11.3 Å². The molecule has 2 heterocycles. The normalized spacial score (nSPS) is 18.9. The highest BCUT2D eigenvalue weighted by Gasteiger charge is 2.21. The lowest BCUT2D eigenvalue weighted by Gasteiger charge is -2.01. The van der Waals surface area contributed by atoms with E-state index >= 15 is 0 Å². The van der Waals surface area contributed by atoms with Crippen LogP contribution in [-0.2, 0) is 4.84 Å². The zero-order chi connectivity index (χ0) is 11.7. The van der Waals surface area contributed by atoms with Crippen molar-refractivity contribution in [2.24, 2.45) is 4.99 Å². The lowest BCUT2D eigenvalue weighted by molar-refractivity contribution is 0.0399. The van der Waals surface area contributed by atoms with Gasteiger partial charge in [-0.05, 0) is 19.1 Å². The van der Waals surface area contributed by atoms with Gasteiger partial charge in [0.05, 0.1) is 4.88 Å². The van der Waals surface area contributed by atoms with Crippen molar-refractivity contribution in [1.82, 2.24) is 5.48 Å². The highest BCUT2D eigenvalue weighted by atomic mass is 32.1. The van der Waals surface area contributed by atoms with Crippen molar-refractivity contribution in [3.05, 3.63) is 57.8 Å². The molecule has 0 amide bonds. The Hall–Kier alpha value is -1.65. The van der Waals surface area contributed by atoms with Gasteiger partial charge in [-0.25, -0.2) is 15.3 Å². The summed E-state index contributed by atoms with van der Waals surface area (Å²) in [6.45, 7) is 2.08. The fourth-order valence-corrected chi connectivity index (χ4v) is 2.56. The van der Waals surface area contributed by atoms with Gasteiger partial charge in [-0.3, -0.25) is 0 Å². The number of aryl methyl sites for hydroxylation is 1. The minimum absolute atomic E-state index is 0.219. The maximum Gasteiger partial charge on any atom is 0.211 e. The number of hydroxylamine groups is 1. The molecule has 1 atom stereocenters. The van der Waals surface area contributed by atoms with Gasteiger partial charge in [0.1, 0.15) is 0 Å². The molecule has 0 unspecified atom stereocenters. The molecule has 0 aliphatic carbocycles. The third kappa shape index (κ3) is 2.09. The van der Waals surface area contributed by atoms with Crippen LogP contribution in [0.4, 0.5) is 0 Å². The SMILES string of the molecule is Cc1ccc([C@@H]2N=C(c3ccccc3)NO2)s1. The monoisotopic (exact) mass is 244 g/mol. The van der Waals surface area contributed by atoms with Crippen LogP contribution in [0.25, 0.3) is 0 Å². The summed E-state index contributed by atoms with van der Waals surface area (Å²) in [6.07, 6.45) is -0.219. The predicted molar refractivity (Wildman–Crippen MR) is 69.0 cm³/mol. The van der Waals surface area contributed by atoms with Crippen molar-refractivity contribution in [1.29, 1.82) is 0 Å². The molecule has 1 aromatic heterocycles. The molecule has 4 heteroatoms. The molecule has 1 aliphatic rings. The molecule has 17 heavy (non-hydrogen) atoms. The van der Waals surface area contributed by atoms with Gasteiger partial charge < -0.3 is 0 Å². The number of rotatable bonds is 2. The van der Waals surface area contributed by atoms with E-state index < -0.39 is 0 Å². The topological polar surface area (TPSA) is 33.6 Å². The summed E-state index contributed by atoms with van der Waals surface area (Å²) in [7, 11) is 0. The molecule has 3 nitrogen and oxygen atoms in total. The molecule has 0 spiro atoms. The molecular formula is C13H12N2OS. The number of nitrogens with one attached hydrogen (secondary N) is 1. The third-order valence-corrected chi connectivity index (χ3v) is 3.60. The van der Waals surface area contributed by atoms with Gasteiger partial charge in [0.15, 0.2) is 5.84 Å². The average Bonchev–Trinajstić information content (AvgIpc) is 2.98. The number of amidine groups is 1. The van der Waals surface area contributed by atoms with E-state index in [4.69, 9.17) is 4.84 Å². The van der Waals surface area contributed by atoms with Gasteiger partial charge in [0.2, 0.25) is 6.23 Å². The number of thiophene rings is 1. The number of benzene rings is 1. The van der Waals surface area contributed by atoms with Crippen molar-refractivity contribution < 1.29 is 4.84 Å². The Kier molecular flexibility index (Phi) is 2.66. The molecule has 0 fully saturated rings. The van der Waals surface area contributed by atoms with Crippen molar-refractivity contribution in [3.8, 4) is 0 Å². The average molecular weight is 244 g/mol. The minimum atomic E-state index is -0.219. The van der Waals surface area contributed by atoms with E-state index in [1.165, 1.54) is 4.88 Å². The standard InChI is InChI=1S/C13H12N2OS/c1-9-7-8-11(17-9)13-14-12(15-16-13)10-5-3-2-4-6-10/h2-8,13H,1H3,(H,14,15)/t13-/m1/s1. The quantitative estimate of drug-likeness (QED) is 0.881. The second kappa shape index (κ2) is 4.31. The van der Waals surface area contributed by atoms with E-state index in [2.05, 4.69) is 29.5 Å². The summed E-state index contributed by atoms with van der Waals surface area (Å²) in [5, 5.41) is 0. The molecule has 0 saturated heterocycles. The molecule has 86 valence electrons. The first-order valence-electron chi connectivity index (χ1n) is 5.44. The highest BCUT2D eigenvalue weighted by molar-refractivity contribution is 7.12. The molecule has 0 bridgehead atoms. The van der Waals surface area contributed by atoms with Crippen molar-refractivity contribution in [2.75, 3.05) is 0 Å². The molecule has 1 aromatic carbocycles. The maximum atomic E-state index is 5.48. The Balaban J connectivity index is 1.86. The zero-order valence-corrected chi connectivity index (χ0v) is 10.2. The van der Waals surface area contributed by atoms with E-state index in [0.29, 0.717) is 0 Å². The molecule has 2 aromatic rings. The minimum Gasteiger partial charge on any atom is -0.246 e. The second-order valence-corrected chi connectivity index (χ2v) is 5.18. The molecule has 1 N–H and O–H groups in total. The summed E-state index contributed by atoms with van der Waals surface area (Å²) >= 11 is 1.71. The lowest BCUT2D eigenvalue weighted by atomic mass is 10.2. The Bertz CT molecular complexity index is 548. The molecule has 0 saturated carbocycles. The summed E-state index contributed by atoms with van der Waals surface area (Å²) in [6, 6.07) is 14.1. The largest absolute Gasteiger partial charge is 0.246 e. The summed E-state index contributed by atoms with van der Waals surface area (Å²) in [5.74, 6) is 0.793. The van der Waals surface area contributed by atoms with Gasteiger partial charge in [-0.2, -0.15) is 0 Å². The zero-order valence-electron chi connectivity index (χ0n) is 9.38. The van der Waals surface area contributed by atoms with Gasteiger partial charge in [-0.15, -0.1) is 11.3 Å². The van der Waals surface area contributed by atoms with Gasteiger partial charge in [0.25, 0.3) is 0 Å². The number of hydrogen-bond donors (Lipinski definition) is 1. The number of nitrogens with zero attached hydrogens (tertiary/aromatic N) is 1.